The van der Waals surface area contributed by atoms with Gasteiger partial charge in [-0.2, -0.15) is 13.2 Å². The van der Waals surface area contributed by atoms with Gasteiger partial charge in [0.15, 0.2) is 0 Å². The number of benzene rings is 2. The van der Waals surface area contributed by atoms with Crippen LogP contribution in [0.15, 0.2) is 54.6 Å². The number of halogens is 3. The molecule has 0 aliphatic carbocycles. The third-order valence-corrected chi connectivity index (χ3v) is 4.92. The lowest BCUT2D eigenvalue weighted by atomic mass is 10.1. The standard InChI is InChI=1S/C21H25N3O2.C2HF3O2/c1-17-7-5-6-10-19(17)21(26)24(15-18-8-3-2-4-9-18)16-20(25)23-13-11-22-12-14-23;3-2(4,5)1(6)7/h2-10,22H,11-16H2,1H3;(H,6,7). The first-order valence-electron chi connectivity index (χ1n) is 10.3. The summed E-state index contributed by atoms with van der Waals surface area (Å²) in [5, 5.41) is 10.4. The summed E-state index contributed by atoms with van der Waals surface area (Å²) in [7, 11) is 0. The van der Waals surface area contributed by atoms with Crippen LogP contribution < -0.4 is 5.32 Å². The highest BCUT2D eigenvalue weighted by Crippen LogP contribution is 2.15. The predicted molar refractivity (Wildman–Crippen MR) is 116 cm³/mol. The van der Waals surface area contributed by atoms with Gasteiger partial charge in [0.1, 0.15) is 6.54 Å². The second-order valence-corrected chi connectivity index (χ2v) is 7.40. The van der Waals surface area contributed by atoms with Crippen molar-refractivity contribution in [2.24, 2.45) is 0 Å². The number of carboxylic acids is 1. The zero-order chi connectivity index (χ0) is 24.4. The number of carbonyl (C=O) groups excluding carboxylic acids is 2. The molecule has 178 valence electrons. The minimum atomic E-state index is -5.08. The summed E-state index contributed by atoms with van der Waals surface area (Å²) in [6.07, 6.45) is -5.08. The lowest BCUT2D eigenvalue weighted by molar-refractivity contribution is -0.192. The molecule has 2 amide bonds. The van der Waals surface area contributed by atoms with E-state index in [9.17, 15) is 22.8 Å². The average molecular weight is 465 g/mol. The van der Waals surface area contributed by atoms with E-state index in [0.717, 1.165) is 24.2 Å². The molecule has 0 atom stereocenters. The monoisotopic (exact) mass is 465 g/mol. The van der Waals surface area contributed by atoms with Gasteiger partial charge in [0.05, 0.1) is 0 Å². The summed E-state index contributed by atoms with van der Waals surface area (Å²) >= 11 is 0. The molecule has 0 aromatic heterocycles. The van der Waals surface area contributed by atoms with Gasteiger partial charge in [-0.15, -0.1) is 0 Å². The molecule has 0 bridgehead atoms. The van der Waals surface area contributed by atoms with Crippen LogP contribution in [0.1, 0.15) is 21.5 Å². The first-order chi connectivity index (χ1) is 15.6. The van der Waals surface area contributed by atoms with Crippen molar-refractivity contribution in [1.82, 2.24) is 15.1 Å². The van der Waals surface area contributed by atoms with Gasteiger partial charge in [0.2, 0.25) is 5.91 Å². The van der Waals surface area contributed by atoms with E-state index in [-0.39, 0.29) is 18.4 Å². The fraction of sp³-hybridized carbons (Fsp3) is 0.348. The van der Waals surface area contributed by atoms with E-state index in [1.807, 2.05) is 66.4 Å². The zero-order valence-electron chi connectivity index (χ0n) is 18.1. The first kappa shape index (κ1) is 25.9. The van der Waals surface area contributed by atoms with E-state index >= 15 is 0 Å². The number of aliphatic carboxylic acids is 1. The molecule has 3 rings (SSSR count). The number of piperazine rings is 1. The quantitative estimate of drug-likeness (QED) is 0.709. The second-order valence-electron chi connectivity index (χ2n) is 7.40. The van der Waals surface area contributed by atoms with Crippen LogP contribution in [0.2, 0.25) is 0 Å². The van der Waals surface area contributed by atoms with E-state index < -0.39 is 12.1 Å². The van der Waals surface area contributed by atoms with Crippen LogP contribution in [0.5, 0.6) is 0 Å². The molecule has 0 unspecified atom stereocenters. The Morgan fingerprint density at radius 3 is 2.09 bits per heavy atom. The molecule has 2 aromatic rings. The fourth-order valence-corrected chi connectivity index (χ4v) is 3.16. The highest BCUT2D eigenvalue weighted by molar-refractivity contribution is 5.97. The molecule has 1 saturated heterocycles. The largest absolute Gasteiger partial charge is 0.490 e. The SMILES string of the molecule is Cc1ccccc1C(=O)N(CC(=O)N1CCNCC1)Cc1ccccc1.O=C(O)C(F)(F)F. The molecule has 2 aromatic carbocycles. The first-order valence-corrected chi connectivity index (χ1v) is 10.3. The number of carboxylic acid groups (broad SMARTS) is 1. The Hall–Kier alpha value is -3.40. The molecule has 33 heavy (non-hydrogen) atoms. The van der Waals surface area contributed by atoms with Crippen LogP contribution in [0.4, 0.5) is 13.2 Å². The van der Waals surface area contributed by atoms with Crippen molar-refractivity contribution in [1.29, 1.82) is 0 Å². The highest BCUT2D eigenvalue weighted by Gasteiger charge is 2.38. The Morgan fingerprint density at radius 2 is 1.55 bits per heavy atom. The number of nitrogens with zero attached hydrogens (tertiary/aromatic N) is 2. The Bertz CT molecular complexity index is 945. The normalized spacial score (nSPS) is 13.5. The minimum Gasteiger partial charge on any atom is -0.475 e. The van der Waals surface area contributed by atoms with Crippen molar-refractivity contribution in [2.45, 2.75) is 19.6 Å². The number of hydrogen-bond donors (Lipinski definition) is 2. The van der Waals surface area contributed by atoms with Gasteiger partial charge in [-0.05, 0) is 24.1 Å². The summed E-state index contributed by atoms with van der Waals surface area (Å²) in [6.45, 7) is 5.43. The average Bonchev–Trinajstić information content (AvgIpc) is 2.79. The van der Waals surface area contributed by atoms with Gasteiger partial charge in [0.25, 0.3) is 5.91 Å². The second kappa shape index (κ2) is 12.0. The highest BCUT2D eigenvalue weighted by atomic mass is 19.4. The van der Waals surface area contributed by atoms with E-state index in [4.69, 9.17) is 9.90 Å². The fourth-order valence-electron chi connectivity index (χ4n) is 3.16. The zero-order valence-corrected chi connectivity index (χ0v) is 18.1. The maximum absolute atomic E-state index is 13.1. The van der Waals surface area contributed by atoms with Gasteiger partial charge in [-0.25, -0.2) is 4.79 Å². The molecule has 1 heterocycles. The number of rotatable bonds is 5. The lowest BCUT2D eigenvalue weighted by Crippen LogP contribution is -2.50. The van der Waals surface area contributed by atoms with Crippen LogP contribution in [0, 0.1) is 6.92 Å². The van der Waals surface area contributed by atoms with Gasteiger partial charge < -0.3 is 20.2 Å². The molecule has 7 nitrogen and oxygen atoms in total. The topological polar surface area (TPSA) is 90.0 Å². The molecule has 0 saturated carbocycles. The minimum absolute atomic E-state index is 0.00404. The Morgan fingerprint density at radius 1 is 1.00 bits per heavy atom. The van der Waals surface area contributed by atoms with Gasteiger partial charge in [-0.3, -0.25) is 9.59 Å². The van der Waals surface area contributed by atoms with E-state index in [1.54, 1.807) is 4.90 Å². The maximum atomic E-state index is 13.1. The van der Waals surface area contributed by atoms with Crippen molar-refractivity contribution in [3.8, 4) is 0 Å². The Balaban J connectivity index is 0.000000479. The number of hydrogen-bond acceptors (Lipinski definition) is 4. The van der Waals surface area contributed by atoms with Crippen LogP contribution in [0.3, 0.4) is 0 Å². The molecule has 10 heteroatoms. The van der Waals surface area contributed by atoms with Crippen molar-refractivity contribution in [3.05, 3.63) is 71.3 Å². The smallest absolute Gasteiger partial charge is 0.475 e. The molecule has 2 N–H and O–H groups in total. The van der Waals surface area contributed by atoms with Crippen molar-refractivity contribution >= 4 is 17.8 Å². The summed E-state index contributed by atoms with van der Waals surface area (Å²) < 4.78 is 31.7. The summed E-state index contributed by atoms with van der Waals surface area (Å²) in [5.41, 5.74) is 2.59. The molecule has 1 aliphatic heterocycles. The molecule has 1 aliphatic rings. The number of aryl methyl sites for hydroxylation is 1. The van der Waals surface area contributed by atoms with Crippen LogP contribution in [-0.2, 0) is 16.1 Å². The summed E-state index contributed by atoms with van der Waals surface area (Å²) in [4.78, 5) is 38.2. The molecular formula is C23H26F3N3O4. The molecular weight excluding hydrogens is 439 g/mol. The predicted octanol–water partition coefficient (Wildman–Crippen LogP) is 2.70. The number of nitrogens with one attached hydrogen (secondary N) is 1. The molecule has 1 fully saturated rings. The van der Waals surface area contributed by atoms with E-state index in [1.165, 1.54) is 0 Å². The number of amides is 2. The third-order valence-electron chi connectivity index (χ3n) is 4.92. The number of alkyl halides is 3. The van der Waals surface area contributed by atoms with Gasteiger partial charge in [0, 0.05) is 38.3 Å². The van der Waals surface area contributed by atoms with Crippen molar-refractivity contribution < 1.29 is 32.7 Å². The number of carbonyl (C=O) groups is 3. The van der Waals surface area contributed by atoms with E-state index in [0.29, 0.717) is 25.2 Å². The Kier molecular flexibility index (Phi) is 9.41. The van der Waals surface area contributed by atoms with Gasteiger partial charge >= 0.3 is 12.1 Å². The van der Waals surface area contributed by atoms with Crippen LogP contribution in [-0.4, -0.2) is 71.6 Å². The third kappa shape index (κ3) is 8.23. The maximum Gasteiger partial charge on any atom is 0.490 e. The summed E-state index contributed by atoms with van der Waals surface area (Å²) in [5.74, 6) is -2.85. The Labute approximate surface area is 189 Å². The lowest BCUT2D eigenvalue weighted by Gasteiger charge is -2.30. The van der Waals surface area contributed by atoms with Crippen molar-refractivity contribution in [2.75, 3.05) is 32.7 Å². The summed E-state index contributed by atoms with van der Waals surface area (Å²) in [6, 6.07) is 17.3. The molecule has 0 radical (unpaired) electrons. The molecule has 0 spiro atoms. The van der Waals surface area contributed by atoms with E-state index in [2.05, 4.69) is 5.32 Å². The van der Waals surface area contributed by atoms with Crippen molar-refractivity contribution in [3.63, 3.8) is 0 Å². The van der Waals surface area contributed by atoms with Crippen LogP contribution in [0.25, 0.3) is 0 Å². The van der Waals surface area contributed by atoms with Crippen LogP contribution >= 0.6 is 0 Å². The van der Waals surface area contributed by atoms with Gasteiger partial charge in [-0.1, -0.05) is 48.5 Å².